The lowest BCUT2D eigenvalue weighted by Gasteiger charge is -2.24. The molecule has 0 radical (unpaired) electrons. The molecule has 0 saturated carbocycles. The lowest BCUT2D eigenvalue weighted by Crippen LogP contribution is -2.16. The number of hydrogen-bond donors (Lipinski definition) is 1. The first-order valence-electron chi connectivity index (χ1n) is 6.29. The minimum Gasteiger partial charge on any atom is -0.496 e. The first-order chi connectivity index (χ1) is 8.81. The number of nitrogens with one attached hydrogen (secondary N) is 1. The van der Waals surface area contributed by atoms with Crippen molar-refractivity contribution in [1.29, 1.82) is 0 Å². The molecule has 100 valence electrons. The minimum atomic E-state index is 0.613. The van der Waals surface area contributed by atoms with Gasteiger partial charge in [-0.1, -0.05) is 0 Å². The highest BCUT2D eigenvalue weighted by molar-refractivity contribution is 5.54. The van der Waals surface area contributed by atoms with Gasteiger partial charge in [0.15, 0.2) is 0 Å². The van der Waals surface area contributed by atoms with Crippen LogP contribution in [0.5, 0.6) is 11.5 Å². The third-order valence-corrected chi connectivity index (χ3v) is 3.34. The van der Waals surface area contributed by atoms with Crippen molar-refractivity contribution < 1.29 is 14.2 Å². The van der Waals surface area contributed by atoms with E-state index in [9.17, 15) is 0 Å². The van der Waals surface area contributed by atoms with Gasteiger partial charge in [-0.05, 0) is 38.1 Å². The fourth-order valence-electron chi connectivity index (χ4n) is 2.45. The maximum Gasteiger partial charge on any atom is 0.128 e. The zero-order chi connectivity index (χ0) is 13.0. The van der Waals surface area contributed by atoms with Crippen molar-refractivity contribution in [3.63, 3.8) is 0 Å². The molecule has 0 aliphatic carbocycles. The molecule has 0 bridgehead atoms. The molecule has 0 fully saturated rings. The molecule has 0 unspecified atom stereocenters. The van der Waals surface area contributed by atoms with Crippen LogP contribution in [0.3, 0.4) is 0 Å². The van der Waals surface area contributed by atoms with E-state index in [2.05, 4.69) is 11.4 Å². The number of rotatable bonds is 5. The topological polar surface area (TPSA) is 39.7 Å². The van der Waals surface area contributed by atoms with Crippen molar-refractivity contribution in [2.75, 3.05) is 34.4 Å². The SMILES string of the molecule is CNCCc1cc(OC)c2c(c1OC)COCC2. The summed E-state index contributed by atoms with van der Waals surface area (Å²) >= 11 is 0. The van der Waals surface area contributed by atoms with Crippen molar-refractivity contribution in [2.24, 2.45) is 0 Å². The Kier molecular flexibility index (Phi) is 4.44. The summed E-state index contributed by atoms with van der Waals surface area (Å²) in [5.74, 6) is 1.92. The predicted molar refractivity (Wildman–Crippen MR) is 70.5 cm³/mol. The van der Waals surface area contributed by atoms with Crippen LogP contribution in [-0.2, 0) is 24.2 Å². The molecular formula is C14H21NO3. The second-order valence-corrected chi connectivity index (χ2v) is 4.38. The van der Waals surface area contributed by atoms with E-state index < -0.39 is 0 Å². The maximum atomic E-state index is 5.58. The van der Waals surface area contributed by atoms with Crippen LogP contribution in [0.25, 0.3) is 0 Å². The number of ether oxygens (including phenoxy) is 3. The van der Waals surface area contributed by atoms with Crippen molar-refractivity contribution in [3.05, 3.63) is 22.8 Å². The van der Waals surface area contributed by atoms with Crippen LogP contribution in [0.15, 0.2) is 6.07 Å². The zero-order valence-electron chi connectivity index (χ0n) is 11.3. The van der Waals surface area contributed by atoms with Crippen LogP contribution >= 0.6 is 0 Å². The molecule has 1 aliphatic heterocycles. The molecular weight excluding hydrogens is 230 g/mol. The molecule has 1 heterocycles. The van der Waals surface area contributed by atoms with Crippen molar-refractivity contribution in [2.45, 2.75) is 19.4 Å². The van der Waals surface area contributed by atoms with Crippen LogP contribution in [0.4, 0.5) is 0 Å². The number of fused-ring (bicyclic) bond motifs is 1. The minimum absolute atomic E-state index is 0.613. The lowest BCUT2D eigenvalue weighted by atomic mass is 9.96. The van der Waals surface area contributed by atoms with E-state index in [1.54, 1.807) is 14.2 Å². The first-order valence-corrected chi connectivity index (χ1v) is 6.29. The standard InChI is InChI=1S/C14H21NO3/c1-15-6-4-10-8-13(16-2)11-5-7-18-9-12(11)14(10)17-3/h8,15H,4-7,9H2,1-3H3. The Morgan fingerprint density at radius 1 is 1.28 bits per heavy atom. The van der Waals surface area contributed by atoms with Crippen LogP contribution in [0.1, 0.15) is 16.7 Å². The summed E-state index contributed by atoms with van der Waals surface area (Å²) in [5, 5.41) is 3.16. The monoisotopic (exact) mass is 251 g/mol. The second kappa shape index (κ2) is 6.07. The Bertz CT molecular complexity index is 418. The molecule has 1 aromatic carbocycles. The maximum absolute atomic E-state index is 5.58. The fourth-order valence-corrected chi connectivity index (χ4v) is 2.45. The summed E-state index contributed by atoms with van der Waals surface area (Å²) in [4.78, 5) is 0. The van der Waals surface area contributed by atoms with Gasteiger partial charge in [0.1, 0.15) is 11.5 Å². The predicted octanol–water partition coefficient (Wildman–Crippen LogP) is 1.54. The van der Waals surface area contributed by atoms with Crippen molar-refractivity contribution in [1.82, 2.24) is 5.32 Å². The van der Waals surface area contributed by atoms with E-state index in [0.717, 1.165) is 43.1 Å². The highest BCUT2D eigenvalue weighted by Gasteiger charge is 2.21. The van der Waals surface area contributed by atoms with Crippen LogP contribution in [-0.4, -0.2) is 34.4 Å². The number of methoxy groups -OCH3 is 2. The molecule has 4 nitrogen and oxygen atoms in total. The first kappa shape index (κ1) is 13.2. The molecule has 1 aromatic rings. The smallest absolute Gasteiger partial charge is 0.128 e. The van der Waals surface area contributed by atoms with Crippen LogP contribution in [0, 0.1) is 0 Å². The second-order valence-electron chi connectivity index (χ2n) is 4.38. The zero-order valence-corrected chi connectivity index (χ0v) is 11.3. The summed E-state index contributed by atoms with van der Waals surface area (Å²) in [7, 11) is 5.39. The van der Waals surface area contributed by atoms with Crippen molar-refractivity contribution in [3.8, 4) is 11.5 Å². The Morgan fingerprint density at radius 2 is 2.11 bits per heavy atom. The van der Waals surface area contributed by atoms with E-state index in [4.69, 9.17) is 14.2 Å². The summed E-state index contributed by atoms with van der Waals surface area (Å²) in [6.45, 7) is 2.28. The molecule has 4 heteroatoms. The molecule has 0 spiro atoms. The average molecular weight is 251 g/mol. The summed E-state index contributed by atoms with van der Waals surface area (Å²) in [6.07, 6.45) is 1.81. The van der Waals surface area contributed by atoms with Gasteiger partial charge in [0.2, 0.25) is 0 Å². The van der Waals surface area contributed by atoms with E-state index in [1.807, 2.05) is 7.05 Å². The van der Waals surface area contributed by atoms with Gasteiger partial charge in [0.25, 0.3) is 0 Å². The third kappa shape index (κ3) is 2.44. The van der Waals surface area contributed by atoms with Gasteiger partial charge in [-0.3, -0.25) is 0 Å². The number of benzene rings is 1. The van der Waals surface area contributed by atoms with Crippen LogP contribution in [0.2, 0.25) is 0 Å². The molecule has 1 N–H and O–H groups in total. The molecule has 0 aromatic heterocycles. The molecule has 0 atom stereocenters. The third-order valence-electron chi connectivity index (χ3n) is 3.34. The fraction of sp³-hybridized carbons (Fsp3) is 0.571. The van der Waals surface area contributed by atoms with Gasteiger partial charge in [-0.2, -0.15) is 0 Å². The Hall–Kier alpha value is -1.26. The van der Waals surface area contributed by atoms with E-state index in [0.29, 0.717) is 6.61 Å². The summed E-state index contributed by atoms with van der Waals surface area (Å²) in [6, 6.07) is 2.10. The molecule has 1 aliphatic rings. The van der Waals surface area contributed by atoms with Crippen LogP contribution < -0.4 is 14.8 Å². The highest BCUT2D eigenvalue weighted by atomic mass is 16.5. The summed E-state index contributed by atoms with van der Waals surface area (Å²) in [5.41, 5.74) is 3.55. The highest BCUT2D eigenvalue weighted by Crippen LogP contribution is 2.37. The quantitative estimate of drug-likeness (QED) is 0.861. The summed E-state index contributed by atoms with van der Waals surface area (Å²) < 4.78 is 16.6. The number of likely N-dealkylation sites (N-methyl/N-ethyl adjacent to an activating group) is 1. The molecule has 18 heavy (non-hydrogen) atoms. The van der Waals surface area contributed by atoms with E-state index in [-0.39, 0.29) is 0 Å². The largest absolute Gasteiger partial charge is 0.496 e. The molecule has 2 rings (SSSR count). The van der Waals surface area contributed by atoms with Gasteiger partial charge in [-0.25, -0.2) is 0 Å². The average Bonchev–Trinajstić information content (AvgIpc) is 2.43. The Labute approximate surface area is 108 Å². The molecule has 0 saturated heterocycles. The van der Waals surface area contributed by atoms with Crippen molar-refractivity contribution >= 4 is 0 Å². The van der Waals surface area contributed by atoms with Gasteiger partial charge < -0.3 is 19.5 Å². The van der Waals surface area contributed by atoms with Gasteiger partial charge in [0, 0.05) is 11.1 Å². The molecule has 0 amide bonds. The van der Waals surface area contributed by atoms with Gasteiger partial charge in [-0.15, -0.1) is 0 Å². The van der Waals surface area contributed by atoms with E-state index >= 15 is 0 Å². The Morgan fingerprint density at radius 3 is 2.78 bits per heavy atom. The number of hydrogen-bond acceptors (Lipinski definition) is 4. The Balaban J connectivity index is 2.46. The van der Waals surface area contributed by atoms with E-state index in [1.165, 1.54) is 11.1 Å². The van der Waals surface area contributed by atoms with Gasteiger partial charge >= 0.3 is 0 Å². The normalized spacial score (nSPS) is 14.2. The lowest BCUT2D eigenvalue weighted by molar-refractivity contribution is 0.107. The van der Waals surface area contributed by atoms with Gasteiger partial charge in [0.05, 0.1) is 27.4 Å².